The standard InChI is InChI=1S/C20H18N4O3/c1-27-20(26)14-10-24(9-13-17(14)22-23-19(13)25)16-8-4-6-12-11-5-2-3-7-15(11)21-18(12)16/h2-3,5,7,9-10,16,21H,4,6,8H2,1H3,(H,23,25)/t16-/m1/s1. The van der Waals surface area contributed by atoms with Gasteiger partial charge in [0.25, 0.3) is 5.56 Å². The highest BCUT2D eigenvalue weighted by atomic mass is 16.5. The number of H-pyrrole nitrogens is 2. The minimum atomic E-state index is -0.506. The van der Waals surface area contributed by atoms with Crippen LogP contribution >= 0.6 is 0 Å². The second-order valence-corrected chi connectivity index (χ2v) is 6.90. The number of methoxy groups -OCH3 is 1. The van der Waals surface area contributed by atoms with Gasteiger partial charge in [0, 0.05) is 29.0 Å². The van der Waals surface area contributed by atoms with Crippen molar-refractivity contribution in [2.45, 2.75) is 25.3 Å². The first-order valence-corrected chi connectivity index (χ1v) is 8.95. The Hall–Kier alpha value is -3.35. The molecule has 1 aromatic heterocycles. The van der Waals surface area contributed by atoms with Gasteiger partial charge < -0.3 is 14.3 Å². The summed E-state index contributed by atoms with van der Waals surface area (Å²) in [5.74, 6) is -0.506. The average Bonchev–Trinajstić information content (AvgIpc) is 3.27. The molecule has 27 heavy (non-hydrogen) atoms. The van der Waals surface area contributed by atoms with E-state index in [1.54, 1.807) is 12.4 Å². The summed E-state index contributed by atoms with van der Waals surface area (Å²) in [4.78, 5) is 28.0. The number of nitrogens with one attached hydrogen (secondary N) is 2. The zero-order valence-corrected chi connectivity index (χ0v) is 14.8. The summed E-state index contributed by atoms with van der Waals surface area (Å²) in [6.45, 7) is 0. The summed E-state index contributed by atoms with van der Waals surface area (Å²) in [5.41, 5.74) is 4.27. The number of pyridine rings is 1. The predicted octanol–water partition coefficient (Wildman–Crippen LogP) is 2.87. The molecule has 1 atom stereocenters. The molecule has 0 saturated heterocycles. The first-order chi connectivity index (χ1) is 13.2. The molecule has 2 aromatic rings. The molecule has 3 aliphatic rings. The van der Waals surface area contributed by atoms with Gasteiger partial charge in [0.15, 0.2) is 0 Å². The van der Waals surface area contributed by atoms with Crippen molar-refractivity contribution in [2.24, 2.45) is 0 Å². The van der Waals surface area contributed by atoms with Gasteiger partial charge in [-0.1, -0.05) is 18.2 Å². The van der Waals surface area contributed by atoms with Crippen molar-refractivity contribution in [2.75, 3.05) is 7.11 Å². The highest BCUT2D eigenvalue weighted by Gasteiger charge is 2.28. The van der Waals surface area contributed by atoms with E-state index in [-0.39, 0.29) is 17.2 Å². The molecule has 7 nitrogen and oxygen atoms in total. The van der Waals surface area contributed by atoms with Crippen LogP contribution < -0.4 is 5.56 Å². The zero-order valence-electron chi connectivity index (χ0n) is 14.8. The molecule has 0 bridgehead atoms. The number of rotatable bonds is 2. The highest BCUT2D eigenvalue weighted by molar-refractivity contribution is 5.96. The van der Waals surface area contributed by atoms with Crippen LogP contribution in [0.4, 0.5) is 0 Å². The molecular weight excluding hydrogens is 344 g/mol. The molecule has 1 aliphatic carbocycles. The number of carbonyl (C=O) groups excluding carboxylic acids is 1. The summed E-state index contributed by atoms with van der Waals surface area (Å²) in [6.07, 6.45) is 6.48. The number of esters is 1. The van der Waals surface area contributed by atoms with E-state index >= 15 is 0 Å². The van der Waals surface area contributed by atoms with Gasteiger partial charge in [-0.3, -0.25) is 4.79 Å². The molecular formula is C20H18N4O3. The summed E-state index contributed by atoms with van der Waals surface area (Å²) < 4.78 is 6.84. The Morgan fingerprint density at radius 3 is 3.00 bits per heavy atom. The van der Waals surface area contributed by atoms with Crippen LogP contribution in [-0.4, -0.2) is 32.8 Å². The molecule has 7 heteroatoms. The van der Waals surface area contributed by atoms with Gasteiger partial charge >= 0.3 is 5.97 Å². The molecule has 0 radical (unpaired) electrons. The van der Waals surface area contributed by atoms with Crippen molar-refractivity contribution in [3.63, 3.8) is 0 Å². The SMILES string of the molecule is COC(=O)c1cn([C@@H]2CCCc3c2[nH]c2ccccc32)cc2c(=O)[nH]nc1-2. The van der Waals surface area contributed by atoms with Crippen molar-refractivity contribution >= 4 is 16.9 Å². The topological polar surface area (TPSA) is 92.8 Å². The van der Waals surface area contributed by atoms with Gasteiger partial charge in [0.05, 0.1) is 18.7 Å². The van der Waals surface area contributed by atoms with Gasteiger partial charge in [0.1, 0.15) is 11.3 Å². The normalized spacial score (nSPS) is 16.6. The van der Waals surface area contributed by atoms with Crippen molar-refractivity contribution < 1.29 is 9.53 Å². The predicted molar refractivity (Wildman–Crippen MR) is 100 cm³/mol. The van der Waals surface area contributed by atoms with E-state index in [2.05, 4.69) is 27.3 Å². The van der Waals surface area contributed by atoms with Gasteiger partial charge in [-0.2, -0.15) is 5.10 Å². The minimum Gasteiger partial charge on any atom is -0.465 e. The molecule has 0 saturated carbocycles. The lowest BCUT2D eigenvalue weighted by Gasteiger charge is -2.26. The van der Waals surface area contributed by atoms with Crippen LogP contribution in [-0.2, 0) is 11.2 Å². The second-order valence-electron chi connectivity index (χ2n) is 6.90. The number of nitrogens with zero attached hydrogens (tertiary/aromatic N) is 2. The Morgan fingerprint density at radius 2 is 2.15 bits per heavy atom. The molecule has 0 unspecified atom stereocenters. The molecule has 0 fully saturated rings. The number of fused-ring (bicyclic) bond motifs is 4. The summed E-state index contributed by atoms with van der Waals surface area (Å²) in [6, 6.07) is 8.28. The number of para-hydroxylation sites is 1. The first-order valence-electron chi connectivity index (χ1n) is 8.95. The Bertz CT molecular complexity index is 1200. The summed E-state index contributed by atoms with van der Waals surface area (Å²) in [5, 5.41) is 7.66. The number of hydrogen-bond acceptors (Lipinski definition) is 4. The average molecular weight is 362 g/mol. The van der Waals surface area contributed by atoms with Gasteiger partial charge in [-0.05, 0) is 30.9 Å². The van der Waals surface area contributed by atoms with Crippen LogP contribution in [0.5, 0.6) is 0 Å². The molecule has 2 N–H and O–H groups in total. The third kappa shape index (κ3) is 2.31. The monoisotopic (exact) mass is 362 g/mol. The van der Waals surface area contributed by atoms with Crippen LogP contribution in [0.15, 0.2) is 41.5 Å². The van der Waals surface area contributed by atoms with E-state index in [1.807, 2.05) is 16.7 Å². The van der Waals surface area contributed by atoms with Crippen LogP contribution in [0.3, 0.4) is 0 Å². The number of hydrogen-bond donors (Lipinski definition) is 2. The maximum absolute atomic E-state index is 12.3. The van der Waals surface area contributed by atoms with E-state index in [0.29, 0.717) is 11.3 Å². The Labute approximate surface area is 154 Å². The number of aromatic nitrogens is 4. The van der Waals surface area contributed by atoms with Gasteiger partial charge in [-0.15, -0.1) is 0 Å². The summed E-state index contributed by atoms with van der Waals surface area (Å²) in [7, 11) is 1.33. The number of aromatic amines is 2. The maximum atomic E-state index is 12.3. The lowest BCUT2D eigenvalue weighted by atomic mass is 9.91. The smallest absolute Gasteiger partial charge is 0.341 e. The molecule has 1 aromatic carbocycles. The lowest BCUT2D eigenvalue weighted by Crippen LogP contribution is -2.20. The lowest BCUT2D eigenvalue weighted by molar-refractivity contribution is 0.0600. The fraction of sp³-hybridized carbons (Fsp3) is 0.250. The van der Waals surface area contributed by atoms with E-state index in [9.17, 15) is 9.59 Å². The molecule has 0 amide bonds. The molecule has 2 aliphatic heterocycles. The summed E-state index contributed by atoms with van der Waals surface area (Å²) >= 11 is 0. The molecule has 3 heterocycles. The second kappa shape index (κ2) is 5.84. The number of ether oxygens (including phenoxy) is 1. The highest BCUT2D eigenvalue weighted by Crippen LogP contribution is 2.37. The fourth-order valence-electron chi connectivity index (χ4n) is 4.18. The van der Waals surface area contributed by atoms with Crippen molar-refractivity contribution in [1.29, 1.82) is 0 Å². The van der Waals surface area contributed by atoms with Crippen LogP contribution in [0.25, 0.3) is 22.2 Å². The van der Waals surface area contributed by atoms with Crippen molar-refractivity contribution in [3.8, 4) is 11.3 Å². The van der Waals surface area contributed by atoms with Gasteiger partial charge in [-0.25, -0.2) is 9.89 Å². The molecule has 136 valence electrons. The van der Waals surface area contributed by atoms with Crippen LogP contribution in [0, 0.1) is 0 Å². The van der Waals surface area contributed by atoms with E-state index in [1.165, 1.54) is 18.1 Å². The Morgan fingerprint density at radius 1 is 1.30 bits per heavy atom. The quantitative estimate of drug-likeness (QED) is 0.536. The third-order valence-electron chi connectivity index (χ3n) is 5.43. The number of aryl methyl sites for hydroxylation is 1. The zero-order chi connectivity index (χ0) is 18.5. The Balaban J connectivity index is 1.73. The van der Waals surface area contributed by atoms with Crippen LogP contribution in [0.2, 0.25) is 0 Å². The Kier molecular flexibility index (Phi) is 3.43. The van der Waals surface area contributed by atoms with Crippen molar-refractivity contribution in [3.05, 3.63) is 63.8 Å². The third-order valence-corrected chi connectivity index (χ3v) is 5.43. The molecule has 0 spiro atoms. The largest absolute Gasteiger partial charge is 0.465 e. The maximum Gasteiger partial charge on any atom is 0.341 e. The molecule has 5 rings (SSSR count). The van der Waals surface area contributed by atoms with E-state index in [0.717, 1.165) is 30.5 Å². The fourth-order valence-corrected chi connectivity index (χ4v) is 4.18. The minimum absolute atomic E-state index is 0.0169. The number of carbonyl (C=O) groups is 1. The van der Waals surface area contributed by atoms with E-state index in [4.69, 9.17) is 4.74 Å². The first kappa shape index (κ1) is 15.9. The van der Waals surface area contributed by atoms with Gasteiger partial charge in [0.2, 0.25) is 0 Å². The van der Waals surface area contributed by atoms with E-state index < -0.39 is 5.97 Å². The number of benzene rings is 1. The van der Waals surface area contributed by atoms with Crippen LogP contribution in [0.1, 0.15) is 40.5 Å². The van der Waals surface area contributed by atoms with Crippen molar-refractivity contribution in [1.82, 2.24) is 19.7 Å².